The van der Waals surface area contributed by atoms with Gasteiger partial charge in [-0.3, -0.25) is 0 Å². The SMILES string of the molecule is CC(C)Oc1ccc(Nc2cc(N3CCCCCC3)ncn2)cc1. The van der Waals surface area contributed by atoms with Crippen LogP contribution in [0.1, 0.15) is 39.5 Å². The first-order valence-electron chi connectivity index (χ1n) is 8.81. The van der Waals surface area contributed by atoms with Gasteiger partial charge in [-0.05, 0) is 51.0 Å². The summed E-state index contributed by atoms with van der Waals surface area (Å²) in [5.74, 6) is 2.71. The van der Waals surface area contributed by atoms with E-state index >= 15 is 0 Å². The Hall–Kier alpha value is -2.30. The Kier molecular flexibility index (Phi) is 5.51. The summed E-state index contributed by atoms with van der Waals surface area (Å²) >= 11 is 0. The van der Waals surface area contributed by atoms with Crippen molar-refractivity contribution in [1.82, 2.24) is 9.97 Å². The summed E-state index contributed by atoms with van der Waals surface area (Å²) in [5, 5.41) is 3.35. The minimum Gasteiger partial charge on any atom is -0.491 e. The molecule has 24 heavy (non-hydrogen) atoms. The van der Waals surface area contributed by atoms with Crippen LogP contribution in [0.2, 0.25) is 0 Å². The number of nitrogens with zero attached hydrogens (tertiary/aromatic N) is 3. The van der Waals surface area contributed by atoms with Gasteiger partial charge < -0.3 is 15.0 Å². The molecule has 5 nitrogen and oxygen atoms in total. The van der Waals surface area contributed by atoms with Gasteiger partial charge in [0.15, 0.2) is 0 Å². The van der Waals surface area contributed by atoms with Crippen LogP contribution in [0, 0.1) is 0 Å². The fraction of sp³-hybridized carbons (Fsp3) is 0.474. The van der Waals surface area contributed by atoms with E-state index in [4.69, 9.17) is 4.74 Å². The third-order valence-corrected chi connectivity index (χ3v) is 4.08. The van der Waals surface area contributed by atoms with Crippen molar-refractivity contribution in [1.29, 1.82) is 0 Å². The molecule has 3 rings (SSSR count). The summed E-state index contributed by atoms with van der Waals surface area (Å²) in [6.45, 7) is 6.21. The Morgan fingerprint density at radius 2 is 1.71 bits per heavy atom. The predicted molar refractivity (Wildman–Crippen MR) is 98.2 cm³/mol. The summed E-state index contributed by atoms with van der Waals surface area (Å²) in [6, 6.07) is 9.99. The predicted octanol–water partition coefficient (Wildman–Crippen LogP) is 4.39. The molecule has 2 aromatic rings. The summed E-state index contributed by atoms with van der Waals surface area (Å²) in [5.41, 5.74) is 0.992. The van der Waals surface area contributed by atoms with E-state index < -0.39 is 0 Å². The minimum absolute atomic E-state index is 0.182. The maximum Gasteiger partial charge on any atom is 0.135 e. The molecular formula is C19H26N4O. The van der Waals surface area contributed by atoms with Gasteiger partial charge in [0.2, 0.25) is 0 Å². The van der Waals surface area contributed by atoms with Crippen LogP contribution in [-0.2, 0) is 0 Å². The van der Waals surface area contributed by atoms with E-state index in [2.05, 4.69) is 20.2 Å². The lowest BCUT2D eigenvalue weighted by Gasteiger charge is -2.21. The Morgan fingerprint density at radius 3 is 2.38 bits per heavy atom. The highest BCUT2D eigenvalue weighted by atomic mass is 16.5. The molecule has 0 amide bonds. The smallest absolute Gasteiger partial charge is 0.135 e. The van der Waals surface area contributed by atoms with Crippen molar-refractivity contribution in [2.24, 2.45) is 0 Å². The average Bonchev–Trinajstić information content (AvgIpc) is 2.86. The first kappa shape index (κ1) is 16.6. The second kappa shape index (κ2) is 7.99. The van der Waals surface area contributed by atoms with Gasteiger partial charge in [-0.25, -0.2) is 9.97 Å². The third kappa shape index (κ3) is 4.60. The zero-order valence-electron chi connectivity index (χ0n) is 14.5. The molecule has 1 aromatic heterocycles. The van der Waals surface area contributed by atoms with Crippen molar-refractivity contribution in [3.63, 3.8) is 0 Å². The van der Waals surface area contributed by atoms with E-state index in [0.717, 1.165) is 36.2 Å². The molecule has 1 aromatic carbocycles. The monoisotopic (exact) mass is 326 g/mol. The van der Waals surface area contributed by atoms with E-state index in [9.17, 15) is 0 Å². The number of aromatic nitrogens is 2. The summed E-state index contributed by atoms with van der Waals surface area (Å²) in [7, 11) is 0. The molecular weight excluding hydrogens is 300 g/mol. The lowest BCUT2D eigenvalue weighted by Crippen LogP contribution is -2.25. The molecule has 0 spiro atoms. The molecule has 5 heteroatoms. The lowest BCUT2D eigenvalue weighted by atomic mass is 10.2. The number of hydrogen-bond donors (Lipinski definition) is 1. The Labute approximate surface area is 144 Å². The van der Waals surface area contributed by atoms with Gasteiger partial charge in [-0.1, -0.05) is 12.8 Å². The highest BCUT2D eigenvalue weighted by Gasteiger charge is 2.12. The molecule has 0 radical (unpaired) electrons. The van der Waals surface area contributed by atoms with E-state index in [1.54, 1.807) is 6.33 Å². The molecule has 0 aliphatic carbocycles. The van der Waals surface area contributed by atoms with Crippen molar-refractivity contribution in [3.05, 3.63) is 36.7 Å². The maximum absolute atomic E-state index is 5.67. The summed E-state index contributed by atoms with van der Waals surface area (Å²) in [6.07, 6.45) is 6.93. The van der Waals surface area contributed by atoms with Crippen LogP contribution in [0.25, 0.3) is 0 Å². The lowest BCUT2D eigenvalue weighted by molar-refractivity contribution is 0.242. The molecule has 2 heterocycles. The van der Waals surface area contributed by atoms with Gasteiger partial charge in [-0.2, -0.15) is 0 Å². The van der Waals surface area contributed by atoms with Crippen LogP contribution in [0.4, 0.5) is 17.3 Å². The van der Waals surface area contributed by atoms with Gasteiger partial charge in [0, 0.05) is 24.8 Å². The van der Waals surface area contributed by atoms with Crippen molar-refractivity contribution >= 4 is 17.3 Å². The van der Waals surface area contributed by atoms with E-state index in [0.29, 0.717) is 0 Å². The quantitative estimate of drug-likeness (QED) is 0.883. The number of benzene rings is 1. The summed E-state index contributed by atoms with van der Waals surface area (Å²) < 4.78 is 5.67. The number of ether oxygens (including phenoxy) is 1. The van der Waals surface area contributed by atoms with Crippen LogP contribution in [-0.4, -0.2) is 29.2 Å². The van der Waals surface area contributed by atoms with Crippen LogP contribution < -0.4 is 15.0 Å². The number of anilines is 3. The third-order valence-electron chi connectivity index (χ3n) is 4.08. The second-order valence-corrected chi connectivity index (χ2v) is 6.48. The molecule has 1 aliphatic heterocycles. The number of hydrogen-bond acceptors (Lipinski definition) is 5. The standard InChI is InChI=1S/C19H26N4O/c1-15(2)24-17-9-7-16(8-10-17)22-18-13-19(21-14-20-18)23-11-5-3-4-6-12-23/h7-10,13-15H,3-6,11-12H2,1-2H3,(H,20,21,22). The molecule has 0 bridgehead atoms. The highest BCUT2D eigenvalue weighted by molar-refractivity contribution is 5.60. The van der Waals surface area contributed by atoms with Gasteiger partial charge >= 0.3 is 0 Å². The van der Waals surface area contributed by atoms with E-state index in [1.807, 2.05) is 44.2 Å². The topological polar surface area (TPSA) is 50.3 Å². The summed E-state index contributed by atoms with van der Waals surface area (Å²) in [4.78, 5) is 11.2. The molecule has 0 atom stereocenters. The van der Waals surface area contributed by atoms with Crippen molar-refractivity contribution in [2.45, 2.75) is 45.6 Å². The Bertz CT molecular complexity index is 634. The first-order valence-corrected chi connectivity index (χ1v) is 8.81. The zero-order chi connectivity index (χ0) is 16.8. The van der Waals surface area contributed by atoms with Crippen molar-refractivity contribution in [2.75, 3.05) is 23.3 Å². The molecule has 1 aliphatic rings. The van der Waals surface area contributed by atoms with Crippen LogP contribution in [0.5, 0.6) is 5.75 Å². The van der Waals surface area contributed by atoms with Crippen molar-refractivity contribution < 1.29 is 4.74 Å². The van der Waals surface area contributed by atoms with Gasteiger partial charge in [0.25, 0.3) is 0 Å². The highest BCUT2D eigenvalue weighted by Crippen LogP contribution is 2.23. The second-order valence-electron chi connectivity index (χ2n) is 6.48. The molecule has 1 N–H and O–H groups in total. The Morgan fingerprint density at radius 1 is 1.00 bits per heavy atom. The van der Waals surface area contributed by atoms with E-state index in [-0.39, 0.29) is 6.10 Å². The number of rotatable bonds is 5. The fourth-order valence-corrected chi connectivity index (χ4v) is 2.93. The number of nitrogens with one attached hydrogen (secondary N) is 1. The largest absolute Gasteiger partial charge is 0.491 e. The minimum atomic E-state index is 0.182. The van der Waals surface area contributed by atoms with Crippen LogP contribution >= 0.6 is 0 Å². The van der Waals surface area contributed by atoms with Gasteiger partial charge in [0.05, 0.1) is 6.10 Å². The first-order chi connectivity index (χ1) is 11.7. The van der Waals surface area contributed by atoms with Gasteiger partial charge in [-0.15, -0.1) is 0 Å². The molecule has 1 saturated heterocycles. The fourth-order valence-electron chi connectivity index (χ4n) is 2.93. The molecule has 128 valence electrons. The van der Waals surface area contributed by atoms with Crippen molar-refractivity contribution in [3.8, 4) is 5.75 Å². The maximum atomic E-state index is 5.67. The van der Waals surface area contributed by atoms with E-state index in [1.165, 1.54) is 25.7 Å². The molecule has 1 fully saturated rings. The zero-order valence-corrected chi connectivity index (χ0v) is 14.5. The Balaban J connectivity index is 1.67. The molecule has 0 unspecified atom stereocenters. The normalized spacial score (nSPS) is 15.2. The van der Waals surface area contributed by atoms with Crippen LogP contribution in [0.15, 0.2) is 36.7 Å². The average molecular weight is 326 g/mol. The van der Waals surface area contributed by atoms with Gasteiger partial charge in [0.1, 0.15) is 23.7 Å². The molecule has 0 saturated carbocycles. The van der Waals surface area contributed by atoms with Crippen LogP contribution in [0.3, 0.4) is 0 Å².